The highest BCUT2D eigenvalue weighted by molar-refractivity contribution is 9.10. The Kier molecular flexibility index (Phi) is 3.28. The number of hydrogen-bond acceptors (Lipinski definition) is 3. The maximum atomic E-state index is 10.7. The quantitative estimate of drug-likeness (QED) is 0.619. The summed E-state index contributed by atoms with van der Waals surface area (Å²) in [4.78, 5) is 10.2. The smallest absolute Gasteiger partial charge is 0.358 e. The van der Waals surface area contributed by atoms with E-state index in [1.807, 2.05) is 0 Å². The van der Waals surface area contributed by atoms with E-state index in [1.165, 1.54) is 12.8 Å². The molecule has 0 saturated heterocycles. The molecule has 0 aromatic carbocycles. The van der Waals surface area contributed by atoms with Crippen molar-refractivity contribution in [3.8, 4) is 0 Å². The minimum Gasteiger partial charge on any atom is -0.358 e. The van der Waals surface area contributed by atoms with Crippen LogP contribution in [0.2, 0.25) is 0 Å². The largest absolute Gasteiger partial charge is 0.404 e. The van der Waals surface area contributed by atoms with Gasteiger partial charge in [-0.15, -0.1) is 0 Å². The summed E-state index contributed by atoms with van der Waals surface area (Å²) in [6.07, 6.45) is 6.28. The molecule has 5 nitrogen and oxygen atoms in total. The summed E-state index contributed by atoms with van der Waals surface area (Å²) < 4.78 is 2.22. The summed E-state index contributed by atoms with van der Waals surface area (Å²) >= 11 is 3.17. The number of rotatable bonds is 2. The van der Waals surface area contributed by atoms with E-state index in [9.17, 15) is 10.1 Å². The second kappa shape index (κ2) is 4.53. The Balaban J connectivity index is 2.20. The fourth-order valence-electron chi connectivity index (χ4n) is 2.31. The Morgan fingerprint density at radius 2 is 2.38 bits per heavy atom. The summed E-state index contributed by atoms with van der Waals surface area (Å²) in [5, 5.41) is 14.7. The zero-order valence-electron chi connectivity index (χ0n) is 9.10. The molecule has 1 aliphatic rings. The standard InChI is InChI=1S/C10H14BrN3O2/c1-7-3-2-4-8(5-7)13-6-9(11)10(12-13)14(15)16/h6-8H,2-5H2,1H3. The van der Waals surface area contributed by atoms with Gasteiger partial charge in [-0.1, -0.05) is 19.8 Å². The van der Waals surface area contributed by atoms with Crippen LogP contribution in [-0.4, -0.2) is 14.7 Å². The van der Waals surface area contributed by atoms with Gasteiger partial charge in [-0.25, -0.2) is 0 Å². The van der Waals surface area contributed by atoms with Gasteiger partial charge in [0.05, 0.1) is 17.3 Å². The summed E-state index contributed by atoms with van der Waals surface area (Å²) in [7, 11) is 0. The van der Waals surface area contributed by atoms with Crippen LogP contribution in [0.25, 0.3) is 0 Å². The molecule has 6 heteroatoms. The highest BCUT2D eigenvalue weighted by atomic mass is 79.9. The number of halogens is 1. The Bertz CT molecular complexity index is 405. The molecule has 1 fully saturated rings. The van der Waals surface area contributed by atoms with Crippen LogP contribution in [0.5, 0.6) is 0 Å². The van der Waals surface area contributed by atoms with Crippen LogP contribution in [0, 0.1) is 16.0 Å². The van der Waals surface area contributed by atoms with E-state index in [0.717, 1.165) is 12.8 Å². The third-order valence-electron chi connectivity index (χ3n) is 3.13. The average Bonchev–Trinajstić information content (AvgIpc) is 2.60. The number of aromatic nitrogens is 2. The lowest BCUT2D eigenvalue weighted by Crippen LogP contribution is -2.18. The SMILES string of the molecule is CC1CCCC(n2cc(Br)c([N+](=O)[O-])n2)C1. The molecule has 1 heterocycles. The van der Waals surface area contributed by atoms with Crippen LogP contribution in [0.15, 0.2) is 10.7 Å². The van der Waals surface area contributed by atoms with Gasteiger partial charge in [0.25, 0.3) is 0 Å². The van der Waals surface area contributed by atoms with Gasteiger partial charge < -0.3 is 10.1 Å². The molecule has 1 aromatic heterocycles. The van der Waals surface area contributed by atoms with Crippen molar-refractivity contribution in [2.75, 3.05) is 0 Å². The first-order valence-electron chi connectivity index (χ1n) is 5.47. The van der Waals surface area contributed by atoms with Gasteiger partial charge >= 0.3 is 5.82 Å². The van der Waals surface area contributed by atoms with Crippen molar-refractivity contribution in [2.45, 2.75) is 38.6 Å². The van der Waals surface area contributed by atoms with Crippen LogP contribution >= 0.6 is 15.9 Å². The van der Waals surface area contributed by atoms with Gasteiger partial charge in [-0.2, -0.15) is 4.68 Å². The number of nitro groups is 1. The molecule has 0 radical (unpaired) electrons. The van der Waals surface area contributed by atoms with Crippen molar-refractivity contribution >= 4 is 21.7 Å². The molecule has 2 rings (SSSR count). The zero-order chi connectivity index (χ0) is 11.7. The zero-order valence-corrected chi connectivity index (χ0v) is 10.7. The highest BCUT2D eigenvalue weighted by Gasteiger charge is 2.27. The lowest BCUT2D eigenvalue weighted by Gasteiger charge is -2.24. The van der Waals surface area contributed by atoms with Gasteiger partial charge in [-0.3, -0.25) is 0 Å². The van der Waals surface area contributed by atoms with E-state index in [2.05, 4.69) is 28.0 Å². The van der Waals surface area contributed by atoms with E-state index in [-0.39, 0.29) is 5.82 Å². The first kappa shape index (κ1) is 11.6. The topological polar surface area (TPSA) is 61.0 Å². The monoisotopic (exact) mass is 287 g/mol. The van der Waals surface area contributed by atoms with Gasteiger partial charge in [0, 0.05) is 0 Å². The fourth-order valence-corrected chi connectivity index (χ4v) is 2.75. The number of hydrogen-bond donors (Lipinski definition) is 0. The summed E-state index contributed by atoms with van der Waals surface area (Å²) in [5.74, 6) is 0.596. The molecule has 0 aliphatic heterocycles. The number of nitrogens with zero attached hydrogens (tertiary/aromatic N) is 3. The highest BCUT2D eigenvalue weighted by Crippen LogP contribution is 2.34. The molecule has 1 saturated carbocycles. The third kappa shape index (κ3) is 2.26. The maximum Gasteiger partial charge on any atom is 0.404 e. The molecule has 1 aliphatic carbocycles. The predicted molar refractivity (Wildman–Crippen MR) is 63.3 cm³/mol. The second-order valence-electron chi connectivity index (χ2n) is 4.46. The van der Waals surface area contributed by atoms with Gasteiger partial charge in [-0.05, 0) is 39.6 Å². The van der Waals surface area contributed by atoms with E-state index in [1.54, 1.807) is 10.9 Å². The van der Waals surface area contributed by atoms with Crippen LogP contribution < -0.4 is 0 Å². The van der Waals surface area contributed by atoms with Crippen molar-refractivity contribution < 1.29 is 4.92 Å². The van der Waals surface area contributed by atoms with Crippen LogP contribution in [0.1, 0.15) is 38.6 Å². The van der Waals surface area contributed by atoms with Gasteiger partial charge in [0.2, 0.25) is 0 Å². The molecule has 2 unspecified atom stereocenters. The van der Waals surface area contributed by atoms with Crippen molar-refractivity contribution in [3.05, 3.63) is 20.8 Å². The van der Waals surface area contributed by atoms with E-state index in [4.69, 9.17) is 0 Å². The molecule has 0 spiro atoms. The Morgan fingerprint density at radius 3 is 2.94 bits per heavy atom. The van der Waals surface area contributed by atoms with Crippen molar-refractivity contribution in [3.63, 3.8) is 0 Å². The molecule has 16 heavy (non-hydrogen) atoms. The second-order valence-corrected chi connectivity index (χ2v) is 5.32. The van der Waals surface area contributed by atoms with Crippen LogP contribution in [0.4, 0.5) is 5.82 Å². The van der Waals surface area contributed by atoms with Gasteiger partial charge in [0.15, 0.2) is 0 Å². The molecule has 0 amide bonds. The van der Waals surface area contributed by atoms with Crippen LogP contribution in [0.3, 0.4) is 0 Å². The Morgan fingerprint density at radius 1 is 1.62 bits per heavy atom. The molecule has 2 atom stereocenters. The predicted octanol–water partition coefficient (Wildman–Crippen LogP) is 3.31. The first-order chi connectivity index (χ1) is 7.58. The van der Waals surface area contributed by atoms with E-state index in [0.29, 0.717) is 16.4 Å². The third-order valence-corrected chi connectivity index (χ3v) is 3.68. The summed E-state index contributed by atoms with van der Waals surface area (Å²) in [5.41, 5.74) is 0. The Labute approximate surface area is 102 Å². The van der Waals surface area contributed by atoms with Crippen molar-refractivity contribution in [1.82, 2.24) is 9.78 Å². The molecule has 1 aromatic rings. The van der Waals surface area contributed by atoms with Crippen LogP contribution in [-0.2, 0) is 0 Å². The maximum absolute atomic E-state index is 10.7. The molecule has 0 bridgehead atoms. The first-order valence-corrected chi connectivity index (χ1v) is 6.26. The normalized spacial score (nSPS) is 25.6. The summed E-state index contributed by atoms with van der Waals surface area (Å²) in [6, 6.07) is 0.314. The molecule has 0 N–H and O–H groups in total. The van der Waals surface area contributed by atoms with E-state index < -0.39 is 4.92 Å². The van der Waals surface area contributed by atoms with Crippen molar-refractivity contribution in [1.29, 1.82) is 0 Å². The molecular formula is C10H14BrN3O2. The van der Waals surface area contributed by atoms with Crippen molar-refractivity contribution in [2.24, 2.45) is 5.92 Å². The molecular weight excluding hydrogens is 274 g/mol. The summed E-state index contributed by atoms with van der Waals surface area (Å²) in [6.45, 7) is 2.22. The fraction of sp³-hybridized carbons (Fsp3) is 0.700. The van der Waals surface area contributed by atoms with Gasteiger partial charge in [0.1, 0.15) is 4.47 Å². The Hall–Kier alpha value is -0.910. The average molecular weight is 288 g/mol. The van der Waals surface area contributed by atoms with E-state index >= 15 is 0 Å². The lowest BCUT2D eigenvalue weighted by molar-refractivity contribution is -0.390. The molecule has 88 valence electrons. The lowest BCUT2D eigenvalue weighted by atomic mass is 9.87. The minimum absolute atomic E-state index is 0.0850. The minimum atomic E-state index is -0.452.